The SMILES string of the molecule is O.[Cl-].[Cl-].[Cl-].[Pu+3]. The second kappa shape index (κ2) is 40.9. The molecule has 0 amide bonds. The zero-order valence-electron chi connectivity index (χ0n) is 2.04. The fraction of sp³-hybridized carbons (Fsp3) is 0. The Morgan fingerprint density at radius 3 is 0.600 bits per heavy atom. The monoisotopic (exact) mass is 361 g/mol. The molecule has 0 rings (SSSR count). The Kier molecular flexibility index (Phi) is 571. The van der Waals surface area contributed by atoms with Gasteiger partial charge < -0.3 is 42.7 Å². The second-order valence-electron chi connectivity index (χ2n) is 0. The number of rotatable bonds is 0. The van der Waals surface area contributed by atoms with Gasteiger partial charge in [-0.15, -0.1) is 0 Å². The van der Waals surface area contributed by atoms with Gasteiger partial charge >= 0.3 is 29.2 Å². The van der Waals surface area contributed by atoms with Crippen molar-refractivity contribution in [2.75, 3.05) is 0 Å². The van der Waals surface area contributed by atoms with Crippen molar-refractivity contribution in [2.24, 2.45) is 0 Å². The summed E-state index contributed by atoms with van der Waals surface area (Å²) in [5.74, 6) is 0. The molecule has 0 saturated heterocycles. The maximum atomic E-state index is 0. The largest absolute Gasteiger partial charge is 3.00 e. The molecule has 0 atom stereocenters. The fourth-order valence-corrected chi connectivity index (χ4v) is 0. The van der Waals surface area contributed by atoms with Gasteiger partial charge in [0.05, 0.1) is 0 Å². The smallest absolute Gasteiger partial charge is 1.00 e. The molecule has 5 heavy (non-hydrogen) atoms. The van der Waals surface area contributed by atoms with E-state index in [1.807, 2.05) is 0 Å². The van der Waals surface area contributed by atoms with Crippen LogP contribution in [0.5, 0.6) is 0 Å². The molecule has 1 radical (unpaired) electrons. The molecule has 0 unspecified atom stereocenters. The van der Waals surface area contributed by atoms with Crippen molar-refractivity contribution in [3.8, 4) is 0 Å². The molecule has 0 aliphatic heterocycles. The quantitative estimate of drug-likeness (QED) is 0.407. The second-order valence-corrected chi connectivity index (χ2v) is 0. The summed E-state index contributed by atoms with van der Waals surface area (Å²) in [6.07, 6.45) is 0. The minimum Gasteiger partial charge on any atom is -1.00 e. The zero-order valence-corrected chi connectivity index (χ0v) is 7.71. The molecular formula is H2Cl3OPu. The van der Waals surface area contributed by atoms with Crippen LogP contribution in [0.3, 0.4) is 0 Å². The molecule has 2 N–H and O–H groups in total. The molecule has 0 spiro atoms. The Bertz CT molecular complexity index is 6.85. The van der Waals surface area contributed by atoms with Gasteiger partial charge in [0.25, 0.3) is 0 Å². The van der Waals surface area contributed by atoms with E-state index in [1.165, 1.54) is 0 Å². The van der Waals surface area contributed by atoms with Gasteiger partial charge in [-0.2, -0.15) is 0 Å². The Morgan fingerprint density at radius 1 is 0.600 bits per heavy atom. The Hall–Kier alpha value is 1.82. The van der Waals surface area contributed by atoms with Crippen LogP contribution in [0.15, 0.2) is 0 Å². The minimum atomic E-state index is 0. The molecule has 0 aliphatic carbocycles. The van der Waals surface area contributed by atoms with Crippen LogP contribution < -0.4 is 37.2 Å². The summed E-state index contributed by atoms with van der Waals surface area (Å²) in [7, 11) is 0. The number of halogens is 3. The van der Waals surface area contributed by atoms with E-state index in [0.717, 1.165) is 0 Å². The molecule has 0 aromatic heterocycles. The first-order valence-electron chi connectivity index (χ1n) is 0. The van der Waals surface area contributed by atoms with E-state index < -0.39 is 0 Å². The van der Waals surface area contributed by atoms with Crippen LogP contribution in [0.4, 0.5) is 0 Å². The third-order valence-electron chi connectivity index (χ3n) is 0. The van der Waals surface area contributed by atoms with Crippen molar-refractivity contribution >= 4 is 0 Å². The van der Waals surface area contributed by atoms with Crippen molar-refractivity contribution in [1.82, 2.24) is 0 Å². The predicted octanol–water partition coefficient (Wildman–Crippen LogP) is -9.81. The number of hydrogen-bond acceptors (Lipinski definition) is 0. The van der Waals surface area contributed by atoms with Gasteiger partial charge in [-0.3, -0.25) is 0 Å². The summed E-state index contributed by atoms with van der Waals surface area (Å²) in [5, 5.41) is 0. The Morgan fingerprint density at radius 2 is 0.600 bits per heavy atom. The molecule has 1 nitrogen and oxygen atoms in total. The van der Waals surface area contributed by atoms with Gasteiger partial charge in [0.1, 0.15) is 0 Å². The summed E-state index contributed by atoms with van der Waals surface area (Å²) >= 11 is 0. The van der Waals surface area contributed by atoms with Crippen LogP contribution in [0.25, 0.3) is 0 Å². The van der Waals surface area contributed by atoms with E-state index in [1.54, 1.807) is 0 Å². The maximum Gasteiger partial charge on any atom is 3.00 e. The molecule has 0 bridgehead atoms. The minimum absolute atomic E-state index is 0. The molecule has 35 valence electrons. The van der Waals surface area contributed by atoms with Crippen LogP contribution >= 0.6 is 0 Å². The predicted molar refractivity (Wildman–Crippen MR) is 3.61 cm³/mol. The van der Waals surface area contributed by atoms with Gasteiger partial charge in [-0.05, 0) is 0 Å². The molecule has 0 aromatic rings. The summed E-state index contributed by atoms with van der Waals surface area (Å²) in [5.41, 5.74) is 0. The van der Waals surface area contributed by atoms with Gasteiger partial charge in [-0.1, -0.05) is 0 Å². The van der Waals surface area contributed by atoms with Crippen molar-refractivity contribution < 1.29 is 71.9 Å². The maximum absolute atomic E-state index is 0. The van der Waals surface area contributed by atoms with E-state index >= 15 is 0 Å². The molecule has 0 saturated carbocycles. The molecular weight excluding hydrogens is 366 g/mol. The molecule has 0 heterocycles. The first-order valence-corrected chi connectivity index (χ1v) is 0. The Balaban J connectivity index is 0. The van der Waals surface area contributed by atoms with Crippen LogP contribution in [0.1, 0.15) is 0 Å². The topological polar surface area (TPSA) is 31.5 Å². The van der Waals surface area contributed by atoms with E-state index in [-0.39, 0.29) is 71.9 Å². The molecule has 5 heteroatoms. The van der Waals surface area contributed by atoms with Gasteiger partial charge in [-0.25, -0.2) is 0 Å². The average Bonchev–Trinajstić information content (AvgIpc) is 0. The summed E-state index contributed by atoms with van der Waals surface area (Å²) in [6, 6.07) is 0. The van der Waals surface area contributed by atoms with Crippen LogP contribution in [-0.2, 0) is 0 Å². The van der Waals surface area contributed by atoms with E-state index in [9.17, 15) is 0 Å². The summed E-state index contributed by atoms with van der Waals surface area (Å²) in [4.78, 5) is 0. The van der Waals surface area contributed by atoms with Crippen LogP contribution in [-0.4, -0.2) is 5.48 Å². The van der Waals surface area contributed by atoms with Gasteiger partial charge in [0.2, 0.25) is 0 Å². The van der Waals surface area contributed by atoms with E-state index in [4.69, 9.17) is 0 Å². The third kappa shape index (κ3) is 25.7. The Labute approximate surface area is 71.4 Å². The average molecular weight is 368 g/mol. The molecule has 0 fully saturated rings. The molecule has 0 aromatic carbocycles. The first-order chi connectivity index (χ1) is 0. The van der Waals surface area contributed by atoms with E-state index in [0.29, 0.717) is 0 Å². The standard InChI is InChI=1S/3ClH.H2O.Pu/h3*1H;1H2;/q;;;;+3/p-3. The van der Waals surface area contributed by atoms with E-state index in [2.05, 4.69) is 0 Å². The van der Waals surface area contributed by atoms with Gasteiger partial charge in [0, 0.05) is 0 Å². The molecule has 0 aliphatic rings. The fourth-order valence-electron chi connectivity index (χ4n) is 0. The number of hydrogen-bond donors (Lipinski definition) is 0. The van der Waals surface area contributed by atoms with Crippen LogP contribution in [0, 0.1) is 29.2 Å². The normalized spacial score (nSPS) is 0. The van der Waals surface area contributed by atoms with Crippen LogP contribution in [0.2, 0.25) is 0 Å². The zero-order chi connectivity index (χ0) is 0. The third-order valence-corrected chi connectivity index (χ3v) is 0. The summed E-state index contributed by atoms with van der Waals surface area (Å²) in [6.45, 7) is 0. The van der Waals surface area contributed by atoms with Crippen molar-refractivity contribution in [3.63, 3.8) is 0 Å². The van der Waals surface area contributed by atoms with Crippen molar-refractivity contribution in [1.29, 1.82) is 0 Å². The van der Waals surface area contributed by atoms with Crippen molar-refractivity contribution in [3.05, 3.63) is 0 Å². The van der Waals surface area contributed by atoms with Crippen molar-refractivity contribution in [2.45, 2.75) is 0 Å². The summed E-state index contributed by atoms with van der Waals surface area (Å²) < 4.78 is 0. The first kappa shape index (κ1) is 69.9. The van der Waals surface area contributed by atoms with Gasteiger partial charge in [0.15, 0.2) is 0 Å².